The molecule has 0 spiro atoms. The molecule has 2 unspecified atom stereocenters. The van der Waals surface area contributed by atoms with Crippen LogP contribution in [0.3, 0.4) is 0 Å². The van der Waals surface area contributed by atoms with Gasteiger partial charge in [-0.3, -0.25) is 0 Å². The fraction of sp³-hybridized carbons (Fsp3) is 0.625. The van der Waals surface area contributed by atoms with Gasteiger partial charge in [-0.15, -0.1) is 0 Å². The highest BCUT2D eigenvalue weighted by atomic mass is 16.3. The topological polar surface area (TPSA) is 46.2 Å². The molecule has 1 saturated carbocycles. The molecular weight excluding hydrogens is 222 g/mol. The quantitative estimate of drug-likeness (QED) is 0.737. The molecule has 3 N–H and O–H groups in total. The van der Waals surface area contributed by atoms with Gasteiger partial charge in [0.2, 0.25) is 0 Å². The summed E-state index contributed by atoms with van der Waals surface area (Å²) in [5.41, 5.74) is 9.33. The molecule has 2 aliphatic rings. The minimum atomic E-state index is 0.0530. The Morgan fingerprint density at radius 2 is 2.11 bits per heavy atom. The van der Waals surface area contributed by atoms with Gasteiger partial charge in [0.15, 0.2) is 0 Å². The number of aromatic hydroxyl groups is 1. The molecule has 0 amide bonds. The van der Waals surface area contributed by atoms with Gasteiger partial charge in [-0.2, -0.15) is 0 Å². The number of hydrogen-bond acceptors (Lipinski definition) is 2. The lowest BCUT2D eigenvalue weighted by molar-refractivity contribution is 0.201. The highest BCUT2D eigenvalue weighted by Gasteiger charge is 2.43. The zero-order chi connectivity index (χ0) is 12.8. The van der Waals surface area contributed by atoms with Crippen LogP contribution in [0.25, 0.3) is 0 Å². The molecule has 2 bridgehead atoms. The van der Waals surface area contributed by atoms with Crippen molar-refractivity contribution in [3.8, 4) is 5.75 Å². The molecule has 1 aromatic rings. The van der Waals surface area contributed by atoms with Gasteiger partial charge in [0, 0.05) is 11.5 Å². The number of phenols is 1. The molecule has 1 aromatic carbocycles. The molecule has 0 aliphatic heterocycles. The van der Waals surface area contributed by atoms with Gasteiger partial charge < -0.3 is 10.8 Å². The lowest BCUT2D eigenvalue weighted by Gasteiger charge is -2.47. The van der Waals surface area contributed by atoms with E-state index in [0.29, 0.717) is 11.7 Å². The Morgan fingerprint density at radius 3 is 2.94 bits per heavy atom. The molecule has 18 heavy (non-hydrogen) atoms. The van der Waals surface area contributed by atoms with Crippen molar-refractivity contribution in [2.24, 2.45) is 11.7 Å². The van der Waals surface area contributed by atoms with Crippen molar-refractivity contribution in [1.29, 1.82) is 0 Å². The van der Waals surface area contributed by atoms with Gasteiger partial charge in [-0.05, 0) is 48.4 Å². The van der Waals surface area contributed by atoms with Crippen molar-refractivity contribution in [2.75, 3.05) is 0 Å². The van der Waals surface area contributed by atoms with E-state index in [9.17, 15) is 5.11 Å². The number of hydrogen-bond donors (Lipinski definition) is 2. The Morgan fingerprint density at radius 1 is 1.28 bits per heavy atom. The molecule has 3 rings (SSSR count). The van der Waals surface area contributed by atoms with Gasteiger partial charge in [0.1, 0.15) is 5.75 Å². The van der Waals surface area contributed by atoms with E-state index >= 15 is 0 Å². The van der Waals surface area contributed by atoms with Crippen molar-refractivity contribution in [2.45, 2.75) is 56.9 Å². The molecule has 0 heterocycles. The van der Waals surface area contributed by atoms with E-state index in [1.54, 1.807) is 0 Å². The van der Waals surface area contributed by atoms with Crippen molar-refractivity contribution in [3.63, 3.8) is 0 Å². The van der Waals surface area contributed by atoms with Crippen molar-refractivity contribution >= 4 is 0 Å². The molecule has 98 valence electrons. The minimum Gasteiger partial charge on any atom is -0.508 e. The Kier molecular flexibility index (Phi) is 2.86. The first kappa shape index (κ1) is 12.0. The molecule has 2 heteroatoms. The van der Waals surface area contributed by atoms with Crippen LogP contribution in [-0.4, -0.2) is 11.1 Å². The second-order valence-electron chi connectivity index (χ2n) is 6.35. The van der Waals surface area contributed by atoms with Gasteiger partial charge in [0.05, 0.1) is 0 Å². The molecule has 0 aromatic heterocycles. The normalized spacial score (nSPS) is 35.4. The van der Waals surface area contributed by atoms with Crippen LogP contribution in [0.2, 0.25) is 0 Å². The van der Waals surface area contributed by atoms with Gasteiger partial charge >= 0.3 is 0 Å². The first-order chi connectivity index (χ1) is 8.61. The SMILES string of the molecule is CC12CCCCCC(Cc3ccc(O)cc31)[C@@H]2N. The maximum Gasteiger partial charge on any atom is 0.115 e. The van der Waals surface area contributed by atoms with E-state index < -0.39 is 0 Å². The van der Waals surface area contributed by atoms with E-state index in [1.165, 1.54) is 36.8 Å². The zero-order valence-corrected chi connectivity index (χ0v) is 11.2. The third-order valence-corrected chi connectivity index (χ3v) is 5.21. The van der Waals surface area contributed by atoms with E-state index in [4.69, 9.17) is 5.73 Å². The van der Waals surface area contributed by atoms with Crippen LogP contribution in [0, 0.1) is 5.92 Å². The van der Waals surface area contributed by atoms with E-state index in [-0.39, 0.29) is 11.5 Å². The van der Waals surface area contributed by atoms with Crippen LogP contribution < -0.4 is 5.73 Å². The van der Waals surface area contributed by atoms with Gasteiger partial charge in [0.25, 0.3) is 0 Å². The largest absolute Gasteiger partial charge is 0.508 e. The van der Waals surface area contributed by atoms with Crippen LogP contribution in [-0.2, 0) is 11.8 Å². The third-order valence-electron chi connectivity index (χ3n) is 5.21. The molecule has 2 nitrogen and oxygen atoms in total. The molecule has 3 atom stereocenters. The molecular formula is C16H23NO. The van der Waals surface area contributed by atoms with E-state index in [1.807, 2.05) is 12.1 Å². The summed E-state index contributed by atoms with van der Waals surface area (Å²) in [7, 11) is 0. The standard InChI is InChI=1S/C16H23NO/c1-16-8-4-2-3-5-12(15(16)17)9-11-6-7-13(18)10-14(11)16/h6-7,10,12,15,18H,2-5,8-9,17H2,1H3/t12?,15-,16?/m0/s1. The molecule has 0 radical (unpaired) electrons. The Balaban J connectivity index is 2.11. The lowest BCUT2D eigenvalue weighted by Crippen LogP contribution is -2.52. The summed E-state index contributed by atoms with van der Waals surface area (Å²) >= 11 is 0. The summed E-state index contributed by atoms with van der Waals surface area (Å²) in [6.07, 6.45) is 7.41. The van der Waals surface area contributed by atoms with Crippen molar-refractivity contribution in [1.82, 2.24) is 0 Å². The zero-order valence-electron chi connectivity index (χ0n) is 11.2. The average Bonchev–Trinajstić information content (AvgIpc) is 2.35. The monoisotopic (exact) mass is 245 g/mol. The van der Waals surface area contributed by atoms with Crippen LogP contribution in [0.5, 0.6) is 5.75 Å². The van der Waals surface area contributed by atoms with Crippen LogP contribution in [0.15, 0.2) is 18.2 Å². The summed E-state index contributed by atoms with van der Waals surface area (Å²) in [6, 6.07) is 6.11. The van der Waals surface area contributed by atoms with Crippen molar-refractivity contribution < 1.29 is 5.11 Å². The van der Waals surface area contributed by atoms with Gasteiger partial charge in [-0.1, -0.05) is 32.3 Å². The fourth-order valence-electron chi connectivity index (χ4n) is 4.04. The van der Waals surface area contributed by atoms with Crippen LogP contribution in [0.1, 0.15) is 50.2 Å². The average molecular weight is 245 g/mol. The predicted octanol–water partition coefficient (Wildman–Crippen LogP) is 3.11. The molecule has 0 saturated heterocycles. The van der Waals surface area contributed by atoms with Crippen LogP contribution >= 0.6 is 0 Å². The maximum atomic E-state index is 9.77. The second kappa shape index (κ2) is 4.27. The fourth-order valence-corrected chi connectivity index (χ4v) is 4.04. The molecule has 1 fully saturated rings. The Bertz CT molecular complexity index is 456. The van der Waals surface area contributed by atoms with E-state index in [0.717, 1.165) is 12.8 Å². The second-order valence-corrected chi connectivity index (χ2v) is 6.35. The van der Waals surface area contributed by atoms with Gasteiger partial charge in [-0.25, -0.2) is 0 Å². The summed E-state index contributed by atoms with van der Waals surface area (Å²) in [5.74, 6) is 0.995. The summed E-state index contributed by atoms with van der Waals surface area (Å²) in [6.45, 7) is 2.30. The number of fused-ring (bicyclic) bond motifs is 4. The van der Waals surface area contributed by atoms with E-state index in [2.05, 4.69) is 13.0 Å². The number of phenolic OH excluding ortho intramolecular Hbond substituents is 1. The number of benzene rings is 1. The lowest BCUT2D eigenvalue weighted by atomic mass is 9.60. The summed E-state index contributed by atoms with van der Waals surface area (Å²) in [4.78, 5) is 0. The summed E-state index contributed by atoms with van der Waals surface area (Å²) < 4.78 is 0. The summed E-state index contributed by atoms with van der Waals surface area (Å²) in [5, 5.41) is 9.77. The number of nitrogens with two attached hydrogens (primary N) is 1. The van der Waals surface area contributed by atoms with Crippen LogP contribution in [0.4, 0.5) is 0 Å². The smallest absolute Gasteiger partial charge is 0.115 e. The predicted molar refractivity (Wildman–Crippen MR) is 73.7 cm³/mol. The first-order valence-corrected chi connectivity index (χ1v) is 7.19. The Labute approximate surface area is 109 Å². The highest BCUT2D eigenvalue weighted by Crippen LogP contribution is 2.46. The first-order valence-electron chi connectivity index (χ1n) is 7.19. The maximum absolute atomic E-state index is 9.77. The number of rotatable bonds is 0. The minimum absolute atomic E-state index is 0.0530. The molecule has 2 aliphatic carbocycles. The van der Waals surface area contributed by atoms with Crippen molar-refractivity contribution in [3.05, 3.63) is 29.3 Å². The Hall–Kier alpha value is -1.02. The third kappa shape index (κ3) is 1.74. The highest BCUT2D eigenvalue weighted by molar-refractivity contribution is 5.43.